The number of rotatable bonds is 6. The predicted octanol–water partition coefficient (Wildman–Crippen LogP) is 2.25. The molecule has 1 unspecified atom stereocenters. The summed E-state index contributed by atoms with van der Waals surface area (Å²) in [4.78, 5) is 2.67. The summed E-state index contributed by atoms with van der Waals surface area (Å²) in [5, 5.41) is 3.20. The molecule has 1 aliphatic rings. The number of unbranched alkanes of at least 4 members (excludes halogenated alkanes) is 2. The van der Waals surface area contributed by atoms with Crippen LogP contribution in [0.25, 0.3) is 0 Å². The lowest BCUT2D eigenvalue weighted by molar-refractivity contribution is 0.158. The van der Waals surface area contributed by atoms with Crippen molar-refractivity contribution < 1.29 is 0 Å². The molecular weight excluding hydrogens is 172 g/mol. The van der Waals surface area contributed by atoms with E-state index in [0.29, 0.717) is 0 Å². The number of piperidine rings is 1. The van der Waals surface area contributed by atoms with E-state index >= 15 is 0 Å². The molecule has 0 spiro atoms. The summed E-state index contributed by atoms with van der Waals surface area (Å²) in [5.41, 5.74) is 0. The zero-order valence-electron chi connectivity index (χ0n) is 9.89. The molecule has 0 saturated carbocycles. The Labute approximate surface area is 89.1 Å². The minimum absolute atomic E-state index is 0.841. The van der Waals surface area contributed by atoms with Gasteiger partial charge in [-0.1, -0.05) is 12.8 Å². The molecule has 0 radical (unpaired) electrons. The third-order valence-electron chi connectivity index (χ3n) is 3.31. The van der Waals surface area contributed by atoms with Gasteiger partial charge in [0.05, 0.1) is 0 Å². The van der Waals surface area contributed by atoms with Crippen LogP contribution in [-0.4, -0.2) is 37.6 Å². The van der Waals surface area contributed by atoms with Gasteiger partial charge < -0.3 is 10.2 Å². The van der Waals surface area contributed by atoms with E-state index in [1.807, 2.05) is 7.05 Å². The summed E-state index contributed by atoms with van der Waals surface area (Å²) in [5.74, 6) is 0. The Balaban J connectivity index is 1.99. The maximum Gasteiger partial charge on any atom is 0.00669 e. The van der Waals surface area contributed by atoms with Crippen LogP contribution in [0, 0.1) is 0 Å². The van der Waals surface area contributed by atoms with E-state index in [2.05, 4.69) is 17.1 Å². The topological polar surface area (TPSA) is 15.3 Å². The van der Waals surface area contributed by atoms with Gasteiger partial charge in [0.1, 0.15) is 0 Å². The third kappa shape index (κ3) is 4.43. The van der Waals surface area contributed by atoms with E-state index in [4.69, 9.17) is 0 Å². The molecule has 0 aliphatic carbocycles. The molecule has 84 valence electrons. The van der Waals surface area contributed by atoms with E-state index in [9.17, 15) is 0 Å². The van der Waals surface area contributed by atoms with E-state index in [1.165, 1.54) is 58.2 Å². The van der Waals surface area contributed by atoms with Crippen molar-refractivity contribution in [1.82, 2.24) is 10.2 Å². The second-order valence-electron chi connectivity index (χ2n) is 4.54. The van der Waals surface area contributed by atoms with E-state index in [1.54, 1.807) is 0 Å². The SMILES string of the molecule is CNCCCCCN1CCCCC1C. The number of likely N-dealkylation sites (tertiary alicyclic amines) is 1. The second kappa shape index (κ2) is 7.24. The highest BCUT2D eigenvalue weighted by Gasteiger charge is 2.16. The number of nitrogens with one attached hydrogen (secondary N) is 1. The molecule has 2 heteroatoms. The standard InChI is InChI=1S/C12H26N2/c1-12-8-4-7-11-14(12)10-6-3-5-9-13-2/h12-13H,3-11H2,1-2H3. The molecule has 1 aliphatic heterocycles. The number of nitrogens with zero attached hydrogens (tertiary/aromatic N) is 1. The molecule has 2 nitrogen and oxygen atoms in total. The molecule has 1 rings (SSSR count). The summed E-state index contributed by atoms with van der Waals surface area (Å²) in [6, 6.07) is 0.841. The lowest BCUT2D eigenvalue weighted by Gasteiger charge is -2.33. The normalized spacial score (nSPS) is 24.0. The summed E-state index contributed by atoms with van der Waals surface area (Å²) in [6.07, 6.45) is 8.36. The fraction of sp³-hybridized carbons (Fsp3) is 1.00. The Morgan fingerprint density at radius 2 is 2.07 bits per heavy atom. The van der Waals surface area contributed by atoms with Crippen LogP contribution in [0.3, 0.4) is 0 Å². The third-order valence-corrected chi connectivity index (χ3v) is 3.31. The Morgan fingerprint density at radius 1 is 1.21 bits per heavy atom. The first-order valence-corrected chi connectivity index (χ1v) is 6.23. The molecule has 0 bridgehead atoms. The summed E-state index contributed by atoms with van der Waals surface area (Å²) < 4.78 is 0. The average Bonchev–Trinajstić information content (AvgIpc) is 2.20. The van der Waals surface area contributed by atoms with Crippen molar-refractivity contribution in [2.45, 2.75) is 51.5 Å². The molecule has 14 heavy (non-hydrogen) atoms. The minimum Gasteiger partial charge on any atom is -0.320 e. The van der Waals surface area contributed by atoms with Crippen molar-refractivity contribution >= 4 is 0 Å². The highest BCUT2D eigenvalue weighted by atomic mass is 15.1. The van der Waals surface area contributed by atoms with Gasteiger partial charge >= 0.3 is 0 Å². The molecule has 0 aromatic heterocycles. The van der Waals surface area contributed by atoms with Gasteiger partial charge in [-0.25, -0.2) is 0 Å². The summed E-state index contributed by atoms with van der Waals surface area (Å²) >= 11 is 0. The highest BCUT2D eigenvalue weighted by Crippen LogP contribution is 2.16. The number of hydrogen-bond donors (Lipinski definition) is 1. The van der Waals surface area contributed by atoms with Crippen LogP contribution in [0.2, 0.25) is 0 Å². The predicted molar refractivity (Wildman–Crippen MR) is 62.7 cm³/mol. The Hall–Kier alpha value is -0.0800. The number of hydrogen-bond acceptors (Lipinski definition) is 2. The van der Waals surface area contributed by atoms with Crippen molar-refractivity contribution in [1.29, 1.82) is 0 Å². The van der Waals surface area contributed by atoms with Gasteiger partial charge in [-0.2, -0.15) is 0 Å². The summed E-state index contributed by atoms with van der Waals surface area (Å²) in [6.45, 7) is 6.22. The lowest BCUT2D eigenvalue weighted by atomic mass is 10.0. The average molecular weight is 198 g/mol. The van der Waals surface area contributed by atoms with Gasteiger partial charge in [-0.3, -0.25) is 0 Å². The first-order chi connectivity index (χ1) is 6.84. The van der Waals surface area contributed by atoms with Crippen LogP contribution in [0.15, 0.2) is 0 Å². The van der Waals surface area contributed by atoms with Gasteiger partial charge in [0.2, 0.25) is 0 Å². The minimum atomic E-state index is 0.841. The second-order valence-corrected chi connectivity index (χ2v) is 4.54. The van der Waals surface area contributed by atoms with Crippen LogP contribution in [-0.2, 0) is 0 Å². The van der Waals surface area contributed by atoms with Crippen molar-refractivity contribution in [3.05, 3.63) is 0 Å². The van der Waals surface area contributed by atoms with Crippen LogP contribution < -0.4 is 5.32 Å². The van der Waals surface area contributed by atoms with Crippen molar-refractivity contribution in [2.24, 2.45) is 0 Å². The molecule has 0 amide bonds. The summed E-state index contributed by atoms with van der Waals surface area (Å²) in [7, 11) is 2.03. The van der Waals surface area contributed by atoms with Gasteiger partial charge in [0, 0.05) is 6.04 Å². The molecule has 0 aromatic rings. The van der Waals surface area contributed by atoms with Gasteiger partial charge in [-0.05, 0) is 59.3 Å². The quantitative estimate of drug-likeness (QED) is 0.659. The maximum atomic E-state index is 3.20. The molecule has 1 N–H and O–H groups in total. The van der Waals surface area contributed by atoms with Gasteiger partial charge in [0.15, 0.2) is 0 Å². The van der Waals surface area contributed by atoms with Crippen LogP contribution in [0.4, 0.5) is 0 Å². The fourth-order valence-electron chi connectivity index (χ4n) is 2.28. The molecule has 1 atom stereocenters. The van der Waals surface area contributed by atoms with E-state index < -0.39 is 0 Å². The Bertz CT molecular complexity index is 136. The Morgan fingerprint density at radius 3 is 2.79 bits per heavy atom. The molecule has 0 aromatic carbocycles. The van der Waals surface area contributed by atoms with Crippen molar-refractivity contribution in [2.75, 3.05) is 26.7 Å². The zero-order valence-corrected chi connectivity index (χ0v) is 9.89. The maximum absolute atomic E-state index is 3.20. The molecule has 1 heterocycles. The van der Waals surface area contributed by atoms with Gasteiger partial charge in [-0.15, -0.1) is 0 Å². The fourth-order valence-corrected chi connectivity index (χ4v) is 2.28. The van der Waals surface area contributed by atoms with E-state index in [0.717, 1.165) is 6.04 Å². The first kappa shape index (κ1) is 12.0. The molecule has 1 fully saturated rings. The first-order valence-electron chi connectivity index (χ1n) is 6.23. The van der Waals surface area contributed by atoms with Crippen molar-refractivity contribution in [3.8, 4) is 0 Å². The van der Waals surface area contributed by atoms with Gasteiger partial charge in [0.25, 0.3) is 0 Å². The highest BCUT2D eigenvalue weighted by molar-refractivity contribution is 4.72. The van der Waals surface area contributed by atoms with Crippen LogP contribution in [0.1, 0.15) is 45.4 Å². The van der Waals surface area contributed by atoms with Crippen LogP contribution >= 0.6 is 0 Å². The van der Waals surface area contributed by atoms with E-state index in [-0.39, 0.29) is 0 Å². The Kier molecular flexibility index (Phi) is 6.20. The van der Waals surface area contributed by atoms with Crippen molar-refractivity contribution in [3.63, 3.8) is 0 Å². The smallest absolute Gasteiger partial charge is 0.00669 e. The zero-order chi connectivity index (χ0) is 10.2. The monoisotopic (exact) mass is 198 g/mol. The van der Waals surface area contributed by atoms with Crippen LogP contribution in [0.5, 0.6) is 0 Å². The largest absolute Gasteiger partial charge is 0.320 e. The molecule has 1 saturated heterocycles. The lowest BCUT2D eigenvalue weighted by Crippen LogP contribution is -2.38. The molecular formula is C12H26N2.